The van der Waals surface area contributed by atoms with Gasteiger partial charge in [0, 0.05) is 25.4 Å². The number of piperidine rings is 1. The van der Waals surface area contributed by atoms with E-state index in [9.17, 15) is 4.79 Å². The van der Waals surface area contributed by atoms with Crippen molar-refractivity contribution in [1.29, 1.82) is 5.26 Å². The first-order valence-electron chi connectivity index (χ1n) is 10.4. The van der Waals surface area contributed by atoms with Crippen molar-refractivity contribution >= 4 is 23.2 Å². The molecule has 2 aromatic heterocycles. The van der Waals surface area contributed by atoms with E-state index in [1.807, 2.05) is 26.8 Å². The van der Waals surface area contributed by atoms with Crippen LogP contribution in [-0.4, -0.2) is 47.0 Å². The minimum Gasteiger partial charge on any atom is -0.384 e. The average molecular weight is 411 g/mol. The van der Waals surface area contributed by atoms with E-state index < -0.39 is 0 Å². The number of pyridine rings is 1. The third kappa shape index (κ3) is 6.67. The van der Waals surface area contributed by atoms with Gasteiger partial charge in [0.05, 0.1) is 23.6 Å². The van der Waals surface area contributed by atoms with Crippen LogP contribution in [0.1, 0.15) is 49.7 Å². The fraction of sp³-hybridized carbons (Fsp3) is 0.476. The number of nitrogens with one attached hydrogen (secondary N) is 4. The van der Waals surface area contributed by atoms with Crippen molar-refractivity contribution in [2.24, 2.45) is 5.92 Å². The lowest BCUT2D eigenvalue weighted by Gasteiger charge is -2.24. The quantitative estimate of drug-likeness (QED) is 0.548. The molecular weight excluding hydrogens is 380 g/mol. The lowest BCUT2D eigenvalue weighted by Crippen LogP contribution is -2.31. The predicted octanol–water partition coefficient (Wildman–Crippen LogP) is 2.67. The second-order valence-corrected chi connectivity index (χ2v) is 6.57. The molecule has 9 nitrogen and oxygen atoms in total. The van der Waals surface area contributed by atoms with Crippen LogP contribution >= 0.6 is 0 Å². The smallest absolute Gasteiger partial charge is 0.254 e. The molecule has 0 spiro atoms. The van der Waals surface area contributed by atoms with Gasteiger partial charge in [-0.3, -0.25) is 4.79 Å². The van der Waals surface area contributed by atoms with Gasteiger partial charge in [0.15, 0.2) is 5.69 Å². The highest BCUT2D eigenvalue weighted by molar-refractivity contribution is 5.99. The lowest BCUT2D eigenvalue weighted by molar-refractivity contribution is 0.0956. The van der Waals surface area contributed by atoms with Crippen LogP contribution in [-0.2, 0) is 0 Å². The Kier molecular flexibility index (Phi) is 9.48. The maximum atomic E-state index is 12.4. The molecule has 3 rings (SSSR count). The molecule has 9 heteroatoms. The van der Waals surface area contributed by atoms with Gasteiger partial charge < -0.3 is 21.3 Å². The molecule has 0 aromatic carbocycles. The van der Waals surface area contributed by atoms with Crippen molar-refractivity contribution in [3.8, 4) is 6.07 Å². The second-order valence-electron chi connectivity index (χ2n) is 6.57. The Morgan fingerprint density at radius 1 is 1.17 bits per heavy atom. The van der Waals surface area contributed by atoms with E-state index >= 15 is 0 Å². The van der Waals surface area contributed by atoms with E-state index in [1.165, 1.54) is 12.4 Å². The number of hydrogen-bond acceptors (Lipinski definition) is 8. The number of amides is 1. The van der Waals surface area contributed by atoms with Gasteiger partial charge in [0.25, 0.3) is 5.91 Å². The van der Waals surface area contributed by atoms with Crippen LogP contribution in [0, 0.1) is 17.2 Å². The standard InChI is InChI=1S/C19H24N8O.C2H6/c1-2-22-19(28)15-11-26-17(27-18-12-23-14(8-20)10-25-18)7-16(15)24-9-13-3-5-21-6-4-13;1-2/h7,10-13,21H,2-6,9H2,1H3,(H,22,28)(H2,24,25,26,27);1-2H3. The molecule has 0 unspecified atom stereocenters. The largest absolute Gasteiger partial charge is 0.384 e. The highest BCUT2D eigenvalue weighted by Gasteiger charge is 2.16. The summed E-state index contributed by atoms with van der Waals surface area (Å²) < 4.78 is 0. The summed E-state index contributed by atoms with van der Waals surface area (Å²) in [7, 11) is 0. The Morgan fingerprint density at radius 2 is 1.90 bits per heavy atom. The first-order chi connectivity index (χ1) is 14.7. The molecule has 1 aliphatic heterocycles. The molecule has 160 valence electrons. The van der Waals surface area contributed by atoms with Gasteiger partial charge in [0.1, 0.15) is 17.7 Å². The Morgan fingerprint density at radius 3 is 2.53 bits per heavy atom. The number of rotatable bonds is 7. The monoisotopic (exact) mass is 410 g/mol. The van der Waals surface area contributed by atoms with Gasteiger partial charge in [-0.15, -0.1) is 0 Å². The number of nitrogens with zero attached hydrogens (tertiary/aromatic N) is 4. The Hall–Kier alpha value is -3.25. The molecule has 30 heavy (non-hydrogen) atoms. The molecule has 0 radical (unpaired) electrons. The number of aromatic nitrogens is 3. The maximum Gasteiger partial charge on any atom is 0.254 e. The highest BCUT2D eigenvalue weighted by atomic mass is 16.1. The van der Waals surface area contributed by atoms with Gasteiger partial charge in [0.2, 0.25) is 0 Å². The molecule has 3 heterocycles. The van der Waals surface area contributed by atoms with Crippen molar-refractivity contribution in [2.75, 3.05) is 36.8 Å². The zero-order chi connectivity index (χ0) is 21.8. The average Bonchev–Trinajstić information content (AvgIpc) is 2.80. The fourth-order valence-corrected chi connectivity index (χ4v) is 3.03. The molecule has 1 saturated heterocycles. The highest BCUT2D eigenvalue weighted by Crippen LogP contribution is 2.22. The number of anilines is 3. The van der Waals surface area contributed by atoms with Crippen LogP contribution in [0.15, 0.2) is 24.7 Å². The van der Waals surface area contributed by atoms with Crippen LogP contribution in [0.5, 0.6) is 0 Å². The van der Waals surface area contributed by atoms with E-state index in [0.29, 0.717) is 29.7 Å². The molecule has 0 saturated carbocycles. The normalized spacial score (nSPS) is 13.4. The van der Waals surface area contributed by atoms with Gasteiger partial charge in [-0.2, -0.15) is 5.26 Å². The van der Waals surface area contributed by atoms with Crippen molar-refractivity contribution < 1.29 is 4.79 Å². The van der Waals surface area contributed by atoms with Crippen molar-refractivity contribution in [2.45, 2.75) is 33.6 Å². The molecule has 0 aliphatic carbocycles. The summed E-state index contributed by atoms with van der Waals surface area (Å²) >= 11 is 0. The van der Waals surface area contributed by atoms with Crippen molar-refractivity contribution in [3.63, 3.8) is 0 Å². The number of nitriles is 1. The third-order valence-electron chi connectivity index (χ3n) is 4.55. The summed E-state index contributed by atoms with van der Waals surface area (Å²) in [5, 5.41) is 21.5. The van der Waals surface area contributed by atoms with Crippen LogP contribution in [0.3, 0.4) is 0 Å². The van der Waals surface area contributed by atoms with Gasteiger partial charge in [-0.05, 0) is 38.8 Å². The molecule has 1 fully saturated rings. The predicted molar refractivity (Wildman–Crippen MR) is 118 cm³/mol. The van der Waals surface area contributed by atoms with E-state index in [1.54, 1.807) is 12.3 Å². The molecule has 0 atom stereocenters. The van der Waals surface area contributed by atoms with E-state index in [0.717, 1.165) is 38.2 Å². The maximum absolute atomic E-state index is 12.4. The SMILES string of the molecule is CC.CCNC(=O)c1cnc(Nc2cnc(C#N)cn2)cc1NCC1CCNCC1. The second kappa shape index (κ2) is 12.3. The van der Waals surface area contributed by atoms with Crippen molar-refractivity contribution in [1.82, 2.24) is 25.6 Å². The van der Waals surface area contributed by atoms with Gasteiger partial charge >= 0.3 is 0 Å². The lowest BCUT2D eigenvalue weighted by atomic mass is 9.98. The Bertz CT molecular complexity index is 841. The summed E-state index contributed by atoms with van der Waals surface area (Å²) in [6, 6.07) is 3.73. The van der Waals surface area contributed by atoms with Crippen LogP contribution in [0.2, 0.25) is 0 Å². The first kappa shape index (κ1) is 23.0. The van der Waals surface area contributed by atoms with Crippen LogP contribution < -0.4 is 21.3 Å². The Balaban J connectivity index is 0.00000155. The summed E-state index contributed by atoms with van der Waals surface area (Å²) in [4.78, 5) is 24.8. The van der Waals surface area contributed by atoms with Gasteiger partial charge in [-0.25, -0.2) is 15.0 Å². The fourth-order valence-electron chi connectivity index (χ4n) is 3.03. The number of carbonyl (C=O) groups excluding carboxylic acids is 1. The molecule has 1 aliphatic rings. The zero-order valence-electron chi connectivity index (χ0n) is 17.8. The minimum absolute atomic E-state index is 0.160. The van der Waals surface area contributed by atoms with Crippen LogP contribution in [0.25, 0.3) is 0 Å². The first-order valence-corrected chi connectivity index (χ1v) is 10.4. The van der Waals surface area contributed by atoms with Crippen LogP contribution in [0.4, 0.5) is 17.3 Å². The summed E-state index contributed by atoms with van der Waals surface area (Å²) in [6.45, 7) is 9.28. The number of carbonyl (C=O) groups is 1. The minimum atomic E-state index is -0.160. The summed E-state index contributed by atoms with van der Waals surface area (Å²) in [6.07, 6.45) is 6.64. The number of hydrogen-bond donors (Lipinski definition) is 4. The van der Waals surface area contributed by atoms with E-state index in [4.69, 9.17) is 5.26 Å². The van der Waals surface area contributed by atoms with E-state index in [2.05, 4.69) is 36.2 Å². The van der Waals surface area contributed by atoms with E-state index in [-0.39, 0.29) is 11.6 Å². The third-order valence-corrected chi connectivity index (χ3v) is 4.55. The van der Waals surface area contributed by atoms with Gasteiger partial charge in [-0.1, -0.05) is 13.8 Å². The molecule has 2 aromatic rings. The zero-order valence-corrected chi connectivity index (χ0v) is 17.8. The summed E-state index contributed by atoms with van der Waals surface area (Å²) in [5.41, 5.74) is 1.48. The molecule has 1 amide bonds. The summed E-state index contributed by atoms with van der Waals surface area (Å²) in [5.74, 6) is 1.42. The molecule has 0 bridgehead atoms. The molecule has 4 N–H and O–H groups in total. The topological polar surface area (TPSA) is 128 Å². The van der Waals surface area contributed by atoms with Crippen molar-refractivity contribution in [3.05, 3.63) is 35.9 Å². The molecular formula is C21H30N8O. The Labute approximate surface area is 177 Å².